The van der Waals surface area contributed by atoms with E-state index >= 15 is 0 Å². The Morgan fingerprint density at radius 3 is 2.74 bits per heavy atom. The molecule has 0 aliphatic carbocycles. The SMILES string of the molecule is Cc1cc(-c2cc3c(n4cnnc24)CCc2c(F)ccc4c2[C@H](CO4)CO3)c(C)cn1. The van der Waals surface area contributed by atoms with Crippen molar-refractivity contribution in [1.29, 1.82) is 0 Å². The van der Waals surface area contributed by atoms with Crippen LogP contribution in [0.5, 0.6) is 11.5 Å². The predicted molar refractivity (Wildman–Crippen MR) is 113 cm³/mol. The predicted octanol–water partition coefficient (Wildman–Crippen LogP) is 4.20. The standard InChI is InChI=1S/C24H21FN4O2/c1-13-9-26-14(2)7-17(13)18-8-22-20(29-12-27-28-24(18)29)5-3-16-19(25)4-6-21-23(16)15(10-30-21)11-31-22/h4,6-9,12,15H,3,5,10-11H2,1-2H3/t15-/m1/s1. The van der Waals surface area contributed by atoms with Crippen molar-refractivity contribution in [3.05, 3.63) is 70.7 Å². The van der Waals surface area contributed by atoms with Gasteiger partial charge in [0.05, 0.1) is 24.8 Å². The molecule has 1 atom stereocenters. The largest absolute Gasteiger partial charge is 0.493 e. The fourth-order valence-corrected chi connectivity index (χ4v) is 4.78. The van der Waals surface area contributed by atoms with Crippen molar-refractivity contribution in [2.24, 2.45) is 0 Å². The van der Waals surface area contributed by atoms with Gasteiger partial charge in [-0.3, -0.25) is 9.38 Å². The lowest BCUT2D eigenvalue weighted by atomic mass is 9.93. The molecular formula is C24H21FN4O2. The van der Waals surface area contributed by atoms with Crippen LogP contribution < -0.4 is 9.47 Å². The second-order valence-corrected chi connectivity index (χ2v) is 8.29. The molecule has 2 aliphatic rings. The van der Waals surface area contributed by atoms with E-state index in [1.54, 1.807) is 12.4 Å². The van der Waals surface area contributed by atoms with Crippen LogP contribution in [0.3, 0.4) is 0 Å². The molecule has 6 rings (SSSR count). The van der Waals surface area contributed by atoms with Gasteiger partial charge in [0.25, 0.3) is 0 Å². The maximum absolute atomic E-state index is 14.8. The molecule has 0 saturated carbocycles. The van der Waals surface area contributed by atoms with Gasteiger partial charge >= 0.3 is 0 Å². The van der Waals surface area contributed by atoms with E-state index in [1.807, 2.05) is 30.5 Å². The van der Waals surface area contributed by atoms with Crippen LogP contribution >= 0.6 is 0 Å². The normalized spacial score (nSPS) is 17.2. The van der Waals surface area contributed by atoms with Crippen molar-refractivity contribution < 1.29 is 13.9 Å². The van der Waals surface area contributed by atoms with Crippen LogP contribution in [0.25, 0.3) is 16.8 Å². The monoisotopic (exact) mass is 416 g/mol. The lowest BCUT2D eigenvalue weighted by Gasteiger charge is -2.17. The Bertz CT molecular complexity index is 1350. The summed E-state index contributed by atoms with van der Waals surface area (Å²) in [6.45, 7) is 4.94. The maximum atomic E-state index is 14.8. The minimum Gasteiger partial charge on any atom is -0.493 e. The number of aromatic nitrogens is 4. The summed E-state index contributed by atoms with van der Waals surface area (Å²) >= 11 is 0. The van der Waals surface area contributed by atoms with Gasteiger partial charge in [0.1, 0.15) is 23.6 Å². The first-order chi connectivity index (χ1) is 15.1. The Morgan fingerprint density at radius 2 is 1.87 bits per heavy atom. The lowest BCUT2D eigenvalue weighted by molar-refractivity contribution is 0.246. The molecule has 0 fully saturated rings. The summed E-state index contributed by atoms with van der Waals surface area (Å²) in [5.74, 6) is 1.38. The third-order valence-corrected chi connectivity index (χ3v) is 6.33. The van der Waals surface area contributed by atoms with E-state index in [0.29, 0.717) is 26.1 Å². The summed E-state index contributed by atoms with van der Waals surface area (Å²) < 4.78 is 28.9. The number of hydrogen-bond donors (Lipinski definition) is 0. The van der Waals surface area contributed by atoms with Crippen LogP contribution in [0.2, 0.25) is 0 Å². The van der Waals surface area contributed by atoms with Gasteiger partial charge in [-0.2, -0.15) is 0 Å². The Labute approximate surface area is 178 Å². The molecule has 0 unspecified atom stereocenters. The van der Waals surface area contributed by atoms with Crippen LogP contribution in [0, 0.1) is 19.7 Å². The number of rotatable bonds is 1. The molecule has 1 aromatic carbocycles. The Hall–Kier alpha value is -3.48. The van der Waals surface area contributed by atoms with E-state index in [9.17, 15) is 4.39 Å². The molecular weight excluding hydrogens is 395 g/mol. The van der Waals surface area contributed by atoms with Crippen molar-refractivity contribution >= 4 is 5.65 Å². The smallest absolute Gasteiger partial charge is 0.168 e. The van der Waals surface area contributed by atoms with Crippen LogP contribution in [-0.2, 0) is 12.8 Å². The molecule has 0 bridgehead atoms. The van der Waals surface area contributed by atoms with E-state index in [2.05, 4.69) is 21.2 Å². The molecule has 6 nitrogen and oxygen atoms in total. The Morgan fingerprint density at radius 1 is 1.03 bits per heavy atom. The fraction of sp³-hybridized carbons (Fsp3) is 0.292. The number of benzene rings is 1. The molecule has 31 heavy (non-hydrogen) atoms. The number of aryl methyl sites for hydroxylation is 3. The second kappa shape index (κ2) is 6.77. The minimum atomic E-state index is -0.183. The Kier molecular flexibility index (Phi) is 4.00. The van der Waals surface area contributed by atoms with E-state index in [-0.39, 0.29) is 11.7 Å². The molecule has 4 aromatic rings. The lowest BCUT2D eigenvalue weighted by Crippen LogP contribution is -2.13. The third-order valence-electron chi connectivity index (χ3n) is 6.33. The average molecular weight is 416 g/mol. The van der Waals surface area contributed by atoms with Gasteiger partial charge in [0.15, 0.2) is 5.65 Å². The third kappa shape index (κ3) is 2.80. The summed E-state index contributed by atoms with van der Waals surface area (Å²) in [7, 11) is 0. The van der Waals surface area contributed by atoms with Crippen LogP contribution in [0.15, 0.2) is 36.8 Å². The first kappa shape index (κ1) is 18.3. The highest BCUT2D eigenvalue weighted by Gasteiger charge is 2.31. The molecule has 7 heteroatoms. The van der Waals surface area contributed by atoms with Gasteiger partial charge in [-0.25, -0.2) is 4.39 Å². The zero-order chi connectivity index (χ0) is 21.1. The molecule has 3 aromatic heterocycles. The van der Waals surface area contributed by atoms with Gasteiger partial charge in [0, 0.05) is 23.0 Å². The van der Waals surface area contributed by atoms with Crippen molar-refractivity contribution in [3.63, 3.8) is 0 Å². The van der Waals surface area contributed by atoms with Gasteiger partial charge in [-0.05, 0) is 67.6 Å². The number of pyridine rings is 2. The topological polar surface area (TPSA) is 61.5 Å². The van der Waals surface area contributed by atoms with Gasteiger partial charge in [-0.15, -0.1) is 10.2 Å². The summed E-state index contributed by atoms with van der Waals surface area (Å²) in [6.07, 6.45) is 4.75. The molecule has 156 valence electrons. The molecule has 0 spiro atoms. The Balaban J connectivity index is 1.54. The van der Waals surface area contributed by atoms with Crippen LogP contribution in [0.4, 0.5) is 4.39 Å². The molecule has 0 saturated heterocycles. The number of fused-ring (bicyclic) bond motifs is 3. The maximum Gasteiger partial charge on any atom is 0.168 e. The number of halogens is 1. The summed E-state index contributed by atoms with van der Waals surface area (Å²) in [5.41, 5.74) is 7.38. The highest BCUT2D eigenvalue weighted by molar-refractivity contribution is 5.81. The highest BCUT2D eigenvalue weighted by Crippen LogP contribution is 2.41. The quantitative estimate of drug-likeness (QED) is 0.465. The van der Waals surface area contributed by atoms with Crippen molar-refractivity contribution in [1.82, 2.24) is 19.6 Å². The molecule has 5 heterocycles. The number of hydrogen-bond acceptors (Lipinski definition) is 5. The van der Waals surface area contributed by atoms with E-state index in [4.69, 9.17) is 9.47 Å². The van der Waals surface area contributed by atoms with E-state index < -0.39 is 0 Å². The molecule has 0 radical (unpaired) electrons. The summed E-state index contributed by atoms with van der Waals surface area (Å²) in [4.78, 5) is 4.39. The zero-order valence-electron chi connectivity index (χ0n) is 17.4. The van der Waals surface area contributed by atoms with Crippen molar-refractivity contribution in [3.8, 4) is 22.6 Å². The van der Waals surface area contributed by atoms with Gasteiger partial charge < -0.3 is 9.47 Å². The number of ether oxygens (including phenoxy) is 2. The molecule has 0 amide bonds. The number of nitrogens with zero attached hydrogens (tertiary/aromatic N) is 4. The fourth-order valence-electron chi connectivity index (χ4n) is 4.78. The van der Waals surface area contributed by atoms with Gasteiger partial charge in [-0.1, -0.05) is 0 Å². The van der Waals surface area contributed by atoms with E-state index in [0.717, 1.165) is 56.4 Å². The summed E-state index contributed by atoms with van der Waals surface area (Å²) in [5, 5.41) is 8.57. The zero-order valence-corrected chi connectivity index (χ0v) is 17.4. The first-order valence-electron chi connectivity index (χ1n) is 10.5. The first-order valence-corrected chi connectivity index (χ1v) is 10.5. The van der Waals surface area contributed by atoms with Crippen molar-refractivity contribution in [2.45, 2.75) is 32.6 Å². The van der Waals surface area contributed by atoms with Crippen molar-refractivity contribution in [2.75, 3.05) is 13.2 Å². The molecule has 2 aliphatic heterocycles. The van der Waals surface area contributed by atoms with Crippen LogP contribution in [-0.4, -0.2) is 32.8 Å². The average Bonchev–Trinajstić information content (AvgIpc) is 3.41. The van der Waals surface area contributed by atoms with E-state index in [1.165, 1.54) is 6.07 Å². The van der Waals surface area contributed by atoms with Crippen LogP contribution in [0.1, 0.15) is 34.0 Å². The second-order valence-electron chi connectivity index (χ2n) is 8.29. The molecule has 0 N–H and O–H groups in total. The summed E-state index contributed by atoms with van der Waals surface area (Å²) in [6, 6.07) is 7.33. The van der Waals surface area contributed by atoms with Gasteiger partial charge in [0.2, 0.25) is 0 Å². The highest BCUT2D eigenvalue weighted by atomic mass is 19.1. The minimum absolute atomic E-state index is 0.0108.